The summed E-state index contributed by atoms with van der Waals surface area (Å²) in [4.78, 5) is 31.5. The minimum atomic E-state index is -1.60. The molecule has 0 saturated carbocycles. The summed E-state index contributed by atoms with van der Waals surface area (Å²) in [6.45, 7) is 0. The summed E-state index contributed by atoms with van der Waals surface area (Å²) in [5.74, 6) is -4.59. The number of hydrogen-bond acceptors (Lipinski definition) is 5. The molecule has 8 heteroatoms. The number of thiophene rings is 1. The van der Waals surface area contributed by atoms with E-state index >= 15 is 0 Å². The molecule has 80 valence electrons. The van der Waals surface area contributed by atoms with Crippen molar-refractivity contribution in [1.29, 1.82) is 0 Å². The summed E-state index contributed by atoms with van der Waals surface area (Å²) < 4.78 is -0.141. The molecule has 0 aliphatic heterocycles. The van der Waals surface area contributed by atoms with E-state index in [1.807, 2.05) is 0 Å². The van der Waals surface area contributed by atoms with Gasteiger partial charge in [0.05, 0.1) is 9.77 Å². The van der Waals surface area contributed by atoms with Gasteiger partial charge in [0.15, 0.2) is 0 Å². The number of aromatic carboxylic acids is 3. The third-order valence-electron chi connectivity index (χ3n) is 1.51. The number of thiol groups is 1. The topological polar surface area (TPSA) is 112 Å². The molecular formula is C7H4O6S2. The highest BCUT2D eigenvalue weighted by atomic mass is 32.2. The highest BCUT2D eigenvalue weighted by Gasteiger charge is 2.29. The van der Waals surface area contributed by atoms with Crippen LogP contribution >= 0.6 is 24.0 Å². The van der Waals surface area contributed by atoms with Crippen LogP contribution in [0, 0.1) is 0 Å². The van der Waals surface area contributed by atoms with Crippen LogP contribution in [-0.2, 0) is 0 Å². The van der Waals surface area contributed by atoms with Crippen LogP contribution in [0.15, 0.2) is 4.21 Å². The third-order valence-corrected chi connectivity index (χ3v) is 2.99. The highest BCUT2D eigenvalue weighted by molar-refractivity contribution is 7.83. The van der Waals surface area contributed by atoms with E-state index in [1.165, 1.54) is 0 Å². The third kappa shape index (κ3) is 1.95. The van der Waals surface area contributed by atoms with Gasteiger partial charge in [-0.3, -0.25) is 0 Å². The molecule has 0 saturated heterocycles. The van der Waals surface area contributed by atoms with Gasteiger partial charge in [-0.1, -0.05) is 0 Å². The van der Waals surface area contributed by atoms with Crippen LogP contribution in [0.4, 0.5) is 0 Å². The Hall–Kier alpha value is -1.54. The number of carboxylic acids is 3. The molecular weight excluding hydrogens is 244 g/mol. The molecule has 15 heavy (non-hydrogen) atoms. The van der Waals surface area contributed by atoms with Crippen molar-refractivity contribution in [3.05, 3.63) is 16.0 Å². The fourth-order valence-electron chi connectivity index (χ4n) is 0.972. The van der Waals surface area contributed by atoms with Gasteiger partial charge < -0.3 is 15.3 Å². The quantitative estimate of drug-likeness (QED) is 0.596. The Bertz CT molecular complexity index is 460. The Balaban J connectivity index is 3.59. The van der Waals surface area contributed by atoms with Gasteiger partial charge >= 0.3 is 17.9 Å². The Kier molecular flexibility index (Phi) is 3.01. The van der Waals surface area contributed by atoms with Crippen molar-refractivity contribution in [2.45, 2.75) is 4.21 Å². The second-order valence-electron chi connectivity index (χ2n) is 2.40. The van der Waals surface area contributed by atoms with Gasteiger partial charge in [-0.25, -0.2) is 14.4 Å². The maximum Gasteiger partial charge on any atom is 0.346 e. The van der Waals surface area contributed by atoms with E-state index in [4.69, 9.17) is 15.3 Å². The van der Waals surface area contributed by atoms with Crippen molar-refractivity contribution >= 4 is 41.9 Å². The van der Waals surface area contributed by atoms with Gasteiger partial charge in [0.25, 0.3) is 0 Å². The Morgan fingerprint density at radius 3 is 1.73 bits per heavy atom. The average molecular weight is 248 g/mol. The van der Waals surface area contributed by atoms with Crippen molar-refractivity contribution in [3.8, 4) is 0 Å². The van der Waals surface area contributed by atoms with Crippen molar-refractivity contribution < 1.29 is 29.7 Å². The largest absolute Gasteiger partial charge is 0.478 e. The SMILES string of the molecule is O=C(O)c1sc(S)c(C(=O)O)c1C(=O)O. The average Bonchev–Trinajstić information content (AvgIpc) is 2.42. The lowest BCUT2D eigenvalue weighted by Crippen LogP contribution is -2.10. The minimum absolute atomic E-state index is 0.141. The zero-order valence-electron chi connectivity index (χ0n) is 6.92. The molecule has 1 rings (SSSR count). The molecule has 0 amide bonds. The summed E-state index contributed by atoms with van der Waals surface area (Å²) in [6, 6.07) is 0. The first kappa shape index (κ1) is 11.5. The molecule has 0 spiro atoms. The number of carboxylic acid groups (broad SMARTS) is 3. The van der Waals surface area contributed by atoms with Crippen LogP contribution < -0.4 is 0 Å². The molecule has 3 N–H and O–H groups in total. The van der Waals surface area contributed by atoms with Crippen molar-refractivity contribution in [3.63, 3.8) is 0 Å². The second-order valence-corrected chi connectivity index (χ2v) is 4.17. The summed E-state index contributed by atoms with van der Waals surface area (Å²) in [7, 11) is 0. The maximum atomic E-state index is 10.7. The van der Waals surface area contributed by atoms with Crippen LogP contribution in [0.3, 0.4) is 0 Å². The first-order chi connectivity index (χ1) is 6.86. The zero-order valence-corrected chi connectivity index (χ0v) is 8.63. The summed E-state index contributed by atoms with van der Waals surface area (Å²) in [5.41, 5.74) is -1.32. The molecule has 1 aromatic heterocycles. The van der Waals surface area contributed by atoms with Crippen LogP contribution in [0.25, 0.3) is 0 Å². The van der Waals surface area contributed by atoms with Gasteiger partial charge in [-0.15, -0.1) is 24.0 Å². The molecule has 1 aromatic rings. The zero-order chi connectivity index (χ0) is 11.7. The van der Waals surface area contributed by atoms with Crippen LogP contribution in [0.1, 0.15) is 30.4 Å². The predicted octanol–water partition coefficient (Wildman–Crippen LogP) is 1.13. The van der Waals surface area contributed by atoms with Gasteiger partial charge in [0, 0.05) is 0 Å². The fraction of sp³-hybridized carbons (Fsp3) is 0. The van der Waals surface area contributed by atoms with Crippen molar-refractivity contribution in [1.82, 2.24) is 0 Å². The van der Waals surface area contributed by atoms with Gasteiger partial charge in [-0.2, -0.15) is 0 Å². The first-order valence-electron chi connectivity index (χ1n) is 3.42. The monoisotopic (exact) mass is 248 g/mol. The lowest BCUT2D eigenvalue weighted by Gasteiger charge is -1.95. The smallest absolute Gasteiger partial charge is 0.346 e. The summed E-state index contributed by atoms with van der Waals surface area (Å²) in [6.07, 6.45) is 0. The molecule has 0 fully saturated rings. The molecule has 6 nitrogen and oxygen atoms in total. The number of carbonyl (C=O) groups is 3. The molecule has 0 aliphatic rings. The summed E-state index contributed by atoms with van der Waals surface area (Å²) >= 11 is 4.24. The molecule has 0 bridgehead atoms. The second kappa shape index (κ2) is 3.91. The molecule has 0 radical (unpaired) electrons. The van der Waals surface area contributed by atoms with E-state index < -0.39 is 33.9 Å². The molecule has 0 unspecified atom stereocenters. The Morgan fingerprint density at radius 1 is 0.933 bits per heavy atom. The van der Waals surface area contributed by atoms with Crippen molar-refractivity contribution in [2.24, 2.45) is 0 Å². The van der Waals surface area contributed by atoms with Gasteiger partial charge in [-0.05, 0) is 0 Å². The molecule has 0 atom stereocenters. The lowest BCUT2D eigenvalue weighted by molar-refractivity contribution is 0.0636. The van der Waals surface area contributed by atoms with E-state index in [9.17, 15) is 14.4 Å². The highest BCUT2D eigenvalue weighted by Crippen LogP contribution is 2.31. The normalized spacial score (nSPS) is 9.93. The van der Waals surface area contributed by atoms with E-state index in [0.717, 1.165) is 0 Å². The first-order valence-corrected chi connectivity index (χ1v) is 4.68. The lowest BCUT2D eigenvalue weighted by atomic mass is 10.1. The van der Waals surface area contributed by atoms with Crippen molar-refractivity contribution in [2.75, 3.05) is 0 Å². The Labute approximate surface area is 92.2 Å². The van der Waals surface area contributed by atoms with Gasteiger partial charge in [0.2, 0.25) is 0 Å². The predicted molar refractivity (Wildman–Crippen MR) is 52.4 cm³/mol. The molecule has 0 aromatic carbocycles. The summed E-state index contributed by atoms with van der Waals surface area (Å²) in [5, 5.41) is 26.0. The van der Waals surface area contributed by atoms with Crippen LogP contribution in [-0.4, -0.2) is 33.2 Å². The molecule has 1 heterocycles. The van der Waals surface area contributed by atoms with E-state index in [0.29, 0.717) is 11.3 Å². The minimum Gasteiger partial charge on any atom is -0.478 e. The van der Waals surface area contributed by atoms with E-state index in [2.05, 4.69) is 12.6 Å². The van der Waals surface area contributed by atoms with Crippen LogP contribution in [0.2, 0.25) is 0 Å². The van der Waals surface area contributed by atoms with Crippen LogP contribution in [0.5, 0.6) is 0 Å². The van der Waals surface area contributed by atoms with E-state index in [1.54, 1.807) is 0 Å². The molecule has 0 aliphatic carbocycles. The Morgan fingerprint density at radius 2 is 1.40 bits per heavy atom. The standard InChI is InChI=1S/C7H4O6S2/c8-4(9)1-2(5(10)11)7(14)15-3(1)6(12)13/h14H,(H,8,9)(H,10,11)(H,12,13). The fourth-order valence-corrected chi connectivity index (χ4v) is 2.32. The van der Waals surface area contributed by atoms with E-state index in [-0.39, 0.29) is 4.21 Å². The van der Waals surface area contributed by atoms with Gasteiger partial charge in [0.1, 0.15) is 10.4 Å². The maximum absolute atomic E-state index is 10.7. The number of rotatable bonds is 3. The number of hydrogen-bond donors (Lipinski definition) is 4.